The molecule has 0 saturated carbocycles. The topological polar surface area (TPSA) is 95.7 Å². The number of benzene rings is 1. The van der Waals surface area contributed by atoms with Crippen LogP contribution in [0.15, 0.2) is 35.1 Å². The highest BCUT2D eigenvalue weighted by atomic mass is 19.1. The molecule has 0 fully saturated rings. The third-order valence-corrected chi connectivity index (χ3v) is 4.14. The van der Waals surface area contributed by atoms with Crippen LogP contribution in [0.5, 0.6) is 0 Å². The standard InChI is InChI=1S/C18H13FN6O/c1-3-11-4-5-12(8-14(11)19)15-6-7-25(22-15)9-13-10(2)21-18-17(16(13)20)23-26-24-18/h1,4-8H,9,20H2,2H3. The van der Waals surface area contributed by atoms with Crippen molar-refractivity contribution in [3.63, 3.8) is 0 Å². The summed E-state index contributed by atoms with van der Waals surface area (Å²) in [5.74, 6) is 1.85. The van der Waals surface area contributed by atoms with E-state index in [9.17, 15) is 4.39 Å². The zero-order chi connectivity index (χ0) is 18.3. The van der Waals surface area contributed by atoms with Crippen LogP contribution in [0.4, 0.5) is 10.1 Å². The molecule has 3 aromatic heterocycles. The third kappa shape index (κ3) is 2.56. The summed E-state index contributed by atoms with van der Waals surface area (Å²) < 4.78 is 20.3. The molecule has 0 aliphatic carbocycles. The molecular weight excluding hydrogens is 335 g/mol. The molecule has 26 heavy (non-hydrogen) atoms. The van der Waals surface area contributed by atoms with E-state index in [0.29, 0.717) is 40.3 Å². The van der Waals surface area contributed by atoms with Crippen molar-refractivity contribution in [1.29, 1.82) is 0 Å². The first-order valence-corrected chi connectivity index (χ1v) is 7.74. The summed E-state index contributed by atoms with van der Waals surface area (Å²) in [7, 11) is 0. The van der Waals surface area contributed by atoms with E-state index in [4.69, 9.17) is 12.2 Å². The Morgan fingerprint density at radius 2 is 2.15 bits per heavy atom. The summed E-state index contributed by atoms with van der Waals surface area (Å²) in [6.45, 7) is 2.22. The number of nitrogens with two attached hydrogens (primary N) is 1. The van der Waals surface area contributed by atoms with Gasteiger partial charge in [-0.15, -0.1) is 6.42 Å². The van der Waals surface area contributed by atoms with E-state index < -0.39 is 5.82 Å². The van der Waals surface area contributed by atoms with Gasteiger partial charge in [0, 0.05) is 23.0 Å². The second-order valence-electron chi connectivity index (χ2n) is 5.76. The maximum absolute atomic E-state index is 13.9. The minimum absolute atomic E-state index is 0.220. The average molecular weight is 348 g/mol. The molecule has 4 aromatic rings. The first kappa shape index (κ1) is 15.8. The number of nitrogens with zero attached hydrogens (tertiary/aromatic N) is 5. The Morgan fingerprint density at radius 3 is 2.92 bits per heavy atom. The molecule has 0 spiro atoms. The minimum atomic E-state index is -0.451. The van der Waals surface area contributed by atoms with Gasteiger partial charge in [0.25, 0.3) is 0 Å². The number of anilines is 1. The van der Waals surface area contributed by atoms with E-state index in [-0.39, 0.29) is 5.56 Å². The van der Waals surface area contributed by atoms with Gasteiger partial charge in [0.15, 0.2) is 5.52 Å². The number of halogens is 1. The number of nitrogen functional groups attached to an aromatic ring is 1. The van der Waals surface area contributed by atoms with Gasteiger partial charge in [-0.05, 0) is 35.4 Å². The molecule has 0 aliphatic rings. The summed E-state index contributed by atoms with van der Waals surface area (Å²) in [6, 6.07) is 6.45. The third-order valence-electron chi connectivity index (χ3n) is 4.14. The van der Waals surface area contributed by atoms with Gasteiger partial charge in [-0.1, -0.05) is 12.0 Å². The van der Waals surface area contributed by atoms with Crippen molar-refractivity contribution in [1.82, 2.24) is 25.1 Å². The fraction of sp³-hybridized carbons (Fsp3) is 0.111. The van der Waals surface area contributed by atoms with Crippen molar-refractivity contribution in [3.05, 3.63) is 53.1 Å². The van der Waals surface area contributed by atoms with Gasteiger partial charge in [0.05, 0.1) is 23.5 Å². The smallest absolute Gasteiger partial charge is 0.226 e. The normalized spacial score (nSPS) is 11.0. The van der Waals surface area contributed by atoms with Crippen molar-refractivity contribution in [2.75, 3.05) is 5.73 Å². The number of fused-ring (bicyclic) bond motifs is 1. The van der Waals surface area contributed by atoms with Crippen LogP contribution in [0.2, 0.25) is 0 Å². The molecule has 4 rings (SSSR count). The van der Waals surface area contributed by atoms with Gasteiger partial charge < -0.3 is 5.73 Å². The molecule has 0 atom stereocenters. The Morgan fingerprint density at radius 1 is 1.31 bits per heavy atom. The molecule has 3 heterocycles. The molecule has 0 unspecified atom stereocenters. The lowest BCUT2D eigenvalue weighted by Crippen LogP contribution is -2.08. The fourth-order valence-corrected chi connectivity index (χ4v) is 2.75. The predicted molar refractivity (Wildman–Crippen MR) is 93.4 cm³/mol. The van der Waals surface area contributed by atoms with Gasteiger partial charge >= 0.3 is 0 Å². The first-order chi connectivity index (χ1) is 12.6. The summed E-state index contributed by atoms with van der Waals surface area (Å²) in [5.41, 5.74) is 10.4. The van der Waals surface area contributed by atoms with Gasteiger partial charge in [0.1, 0.15) is 5.82 Å². The zero-order valence-corrected chi connectivity index (χ0v) is 13.8. The van der Waals surface area contributed by atoms with Crippen molar-refractivity contribution in [3.8, 4) is 23.6 Å². The van der Waals surface area contributed by atoms with Crippen molar-refractivity contribution >= 4 is 16.9 Å². The molecule has 8 heteroatoms. The van der Waals surface area contributed by atoms with Crippen LogP contribution in [0.1, 0.15) is 16.8 Å². The molecule has 7 nitrogen and oxygen atoms in total. The van der Waals surface area contributed by atoms with Crippen LogP contribution >= 0.6 is 0 Å². The van der Waals surface area contributed by atoms with E-state index in [1.807, 2.05) is 6.92 Å². The Balaban J connectivity index is 1.67. The van der Waals surface area contributed by atoms with Crippen LogP contribution in [0.3, 0.4) is 0 Å². The Labute approximate surface area is 147 Å². The van der Waals surface area contributed by atoms with Crippen molar-refractivity contribution in [2.45, 2.75) is 13.5 Å². The largest absolute Gasteiger partial charge is 0.396 e. The Kier molecular flexibility index (Phi) is 3.62. The number of aromatic nitrogens is 5. The highest BCUT2D eigenvalue weighted by molar-refractivity contribution is 5.85. The lowest BCUT2D eigenvalue weighted by atomic mass is 10.1. The van der Waals surface area contributed by atoms with Crippen molar-refractivity contribution < 1.29 is 9.02 Å². The SMILES string of the molecule is C#Cc1ccc(-c2ccn(Cc3c(C)nc4nonc4c3N)n2)cc1F. The summed E-state index contributed by atoms with van der Waals surface area (Å²) >= 11 is 0. The van der Waals surface area contributed by atoms with Gasteiger partial charge in [-0.2, -0.15) is 5.10 Å². The maximum atomic E-state index is 13.9. The summed E-state index contributed by atoms with van der Waals surface area (Å²) in [6.07, 6.45) is 7.03. The van der Waals surface area contributed by atoms with E-state index in [1.54, 1.807) is 29.1 Å². The quantitative estimate of drug-likeness (QED) is 0.572. The molecule has 1 aromatic carbocycles. The van der Waals surface area contributed by atoms with E-state index in [0.717, 1.165) is 5.56 Å². The second kappa shape index (κ2) is 5.97. The molecule has 0 saturated heterocycles. The Hall–Kier alpha value is -3.73. The van der Waals surface area contributed by atoms with Gasteiger partial charge in [-0.3, -0.25) is 4.68 Å². The molecule has 0 radical (unpaired) electrons. The van der Waals surface area contributed by atoms with Gasteiger partial charge in [-0.25, -0.2) is 14.0 Å². The van der Waals surface area contributed by atoms with Crippen LogP contribution < -0.4 is 5.73 Å². The van der Waals surface area contributed by atoms with Crippen molar-refractivity contribution in [2.24, 2.45) is 0 Å². The highest BCUT2D eigenvalue weighted by Gasteiger charge is 2.15. The second-order valence-corrected chi connectivity index (χ2v) is 5.76. The lowest BCUT2D eigenvalue weighted by molar-refractivity contribution is 0.315. The molecule has 128 valence electrons. The number of aryl methyl sites for hydroxylation is 1. The zero-order valence-electron chi connectivity index (χ0n) is 13.8. The lowest BCUT2D eigenvalue weighted by Gasteiger charge is -2.08. The van der Waals surface area contributed by atoms with E-state index in [2.05, 4.69) is 30.9 Å². The Bertz CT molecular complexity index is 1170. The minimum Gasteiger partial charge on any atom is -0.396 e. The molecule has 2 N–H and O–H groups in total. The number of hydrogen-bond acceptors (Lipinski definition) is 6. The summed E-state index contributed by atoms with van der Waals surface area (Å²) in [4.78, 5) is 4.33. The van der Waals surface area contributed by atoms with Gasteiger partial charge in [0.2, 0.25) is 5.65 Å². The average Bonchev–Trinajstić information content (AvgIpc) is 3.28. The molecule has 0 bridgehead atoms. The van der Waals surface area contributed by atoms with E-state index >= 15 is 0 Å². The first-order valence-electron chi connectivity index (χ1n) is 7.74. The van der Waals surface area contributed by atoms with Crippen LogP contribution in [0, 0.1) is 25.1 Å². The molecule has 0 amide bonds. The fourth-order valence-electron chi connectivity index (χ4n) is 2.75. The highest BCUT2D eigenvalue weighted by Crippen LogP contribution is 2.25. The number of pyridine rings is 1. The summed E-state index contributed by atoms with van der Waals surface area (Å²) in [5, 5.41) is 12.0. The number of hydrogen-bond donors (Lipinski definition) is 1. The van der Waals surface area contributed by atoms with Crippen LogP contribution in [0.25, 0.3) is 22.4 Å². The monoisotopic (exact) mass is 348 g/mol. The molecular formula is C18H13FN6O. The molecule has 0 aliphatic heterocycles. The van der Waals surface area contributed by atoms with Crippen LogP contribution in [-0.4, -0.2) is 25.1 Å². The number of rotatable bonds is 3. The van der Waals surface area contributed by atoms with Crippen LogP contribution in [-0.2, 0) is 6.54 Å². The number of terminal acetylenes is 1. The maximum Gasteiger partial charge on any atom is 0.226 e. The predicted octanol–water partition coefficient (Wildman–Crippen LogP) is 2.54. The van der Waals surface area contributed by atoms with E-state index in [1.165, 1.54) is 6.07 Å².